The summed E-state index contributed by atoms with van der Waals surface area (Å²) in [6, 6.07) is 0. The molecule has 0 aromatic carbocycles. The molecular formula is C6H12OS2. The van der Waals surface area contributed by atoms with Gasteiger partial charge in [-0.25, -0.2) is 0 Å². The fourth-order valence-corrected chi connectivity index (χ4v) is 1.10. The predicted molar refractivity (Wildman–Crippen MR) is 46.5 cm³/mol. The van der Waals surface area contributed by atoms with Crippen LogP contribution in [0.2, 0.25) is 0 Å². The molecule has 9 heavy (non-hydrogen) atoms. The van der Waals surface area contributed by atoms with Crippen molar-refractivity contribution in [3.8, 4) is 0 Å². The van der Waals surface area contributed by atoms with E-state index in [1.165, 1.54) is 0 Å². The smallest absolute Gasteiger partial charge is 0.123 e. The first-order valence-corrected chi connectivity index (χ1v) is 5.83. The Balaban J connectivity index is 3.04. The van der Waals surface area contributed by atoms with Crippen LogP contribution in [0.5, 0.6) is 0 Å². The summed E-state index contributed by atoms with van der Waals surface area (Å²) in [6.45, 7) is 0. The number of rotatable bonds is 4. The first-order valence-electron chi connectivity index (χ1n) is 2.71. The molecule has 1 nitrogen and oxygen atoms in total. The molecule has 0 spiro atoms. The molecule has 3 heteroatoms. The van der Waals surface area contributed by atoms with E-state index in [4.69, 9.17) is 0 Å². The average molecular weight is 164 g/mol. The average Bonchev–Trinajstić information content (AvgIpc) is 1.80. The van der Waals surface area contributed by atoms with Crippen LogP contribution in [0.3, 0.4) is 0 Å². The second kappa shape index (κ2) is 6.52. The SMILES string of the molecule is CSC/C=C/C[S+](C)[O-]. The zero-order valence-electron chi connectivity index (χ0n) is 5.79. The van der Waals surface area contributed by atoms with E-state index in [1.807, 2.05) is 18.4 Å². The summed E-state index contributed by atoms with van der Waals surface area (Å²) in [6.07, 6.45) is 7.77. The fourth-order valence-electron chi connectivity index (χ4n) is 0.368. The second-order valence-corrected chi connectivity index (χ2v) is 4.06. The Morgan fingerprint density at radius 2 is 2.22 bits per heavy atom. The van der Waals surface area contributed by atoms with Gasteiger partial charge in [-0.2, -0.15) is 11.8 Å². The normalized spacial score (nSPS) is 14.6. The van der Waals surface area contributed by atoms with Gasteiger partial charge in [0.1, 0.15) is 5.75 Å². The Labute approximate surface area is 64.1 Å². The largest absolute Gasteiger partial charge is 0.616 e. The van der Waals surface area contributed by atoms with Crippen LogP contribution in [0.15, 0.2) is 12.2 Å². The highest BCUT2D eigenvalue weighted by Gasteiger charge is 1.87. The number of hydrogen-bond acceptors (Lipinski definition) is 2. The molecule has 1 atom stereocenters. The zero-order chi connectivity index (χ0) is 7.11. The van der Waals surface area contributed by atoms with Crippen LogP contribution in [0.25, 0.3) is 0 Å². The van der Waals surface area contributed by atoms with Gasteiger partial charge in [0, 0.05) is 5.75 Å². The Bertz CT molecular complexity index is 81.1. The van der Waals surface area contributed by atoms with E-state index in [0.29, 0.717) is 5.75 Å². The van der Waals surface area contributed by atoms with E-state index < -0.39 is 11.2 Å². The highest BCUT2D eigenvalue weighted by atomic mass is 32.2. The van der Waals surface area contributed by atoms with Gasteiger partial charge in [0.2, 0.25) is 0 Å². The van der Waals surface area contributed by atoms with Crippen molar-refractivity contribution in [2.45, 2.75) is 0 Å². The monoisotopic (exact) mass is 164 g/mol. The molecule has 0 saturated carbocycles. The molecule has 0 aliphatic rings. The minimum absolute atomic E-state index is 0.665. The minimum Gasteiger partial charge on any atom is -0.616 e. The summed E-state index contributed by atoms with van der Waals surface area (Å²) in [5, 5.41) is 0. The van der Waals surface area contributed by atoms with Crippen LogP contribution in [0.1, 0.15) is 0 Å². The molecule has 0 saturated heterocycles. The molecule has 0 heterocycles. The lowest BCUT2D eigenvalue weighted by Crippen LogP contribution is -1.99. The highest BCUT2D eigenvalue weighted by Crippen LogP contribution is 1.92. The molecule has 0 fully saturated rings. The van der Waals surface area contributed by atoms with E-state index >= 15 is 0 Å². The van der Waals surface area contributed by atoms with Crippen LogP contribution in [0, 0.1) is 0 Å². The Hall–Kier alpha value is 0.400. The van der Waals surface area contributed by atoms with E-state index in [-0.39, 0.29) is 0 Å². The maximum absolute atomic E-state index is 10.5. The lowest BCUT2D eigenvalue weighted by molar-refractivity contribution is 0.603. The lowest BCUT2D eigenvalue weighted by atomic mass is 10.6. The summed E-state index contributed by atoms with van der Waals surface area (Å²) in [5.41, 5.74) is 0. The summed E-state index contributed by atoms with van der Waals surface area (Å²) in [4.78, 5) is 0. The Morgan fingerprint density at radius 1 is 1.56 bits per heavy atom. The van der Waals surface area contributed by atoms with Crippen molar-refractivity contribution < 1.29 is 4.55 Å². The predicted octanol–water partition coefficient (Wildman–Crippen LogP) is 1.28. The Kier molecular flexibility index (Phi) is 6.81. The molecule has 0 amide bonds. The van der Waals surface area contributed by atoms with E-state index in [1.54, 1.807) is 18.0 Å². The van der Waals surface area contributed by atoms with E-state index in [0.717, 1.165) is 5.75 Å². The van der Waals surface area contributed by atoms with Crippen molar-refractivity contribution >= 4 is 22.9 Å². The molecule has 0 aromatic heterocycles. The third-order valence-electron chi connectivity index (χ3n) is 0.760. The van der Waals surface area contributed by atoms with Crippen LogP contribution in [-0.2, 0) is 11.2 Å². The molecule has 0 radical (unpaired) electrons. The van der Waals surface area contributed by atoms with Gasteiger partial charge in [-0.15, -0.1) is 0 Å². The van der Waals surface area contributed by atoms with Gasteiger partial charge >= 0.3 is 0 Å². The molecule has 0 aliphatic heterocycles. The quantitative estimate of drug-likeness (QED) is 0.461. The molecule has 1 unspecified atom stereocenters. The first-order chi connectivity index (χ1) is 4.27. The van der Waals surface area contributed by atoms with Gasteiger partial charge in [0.15, 0.2) is 0 Å². The number of thioether (sulfide) groups is 1. The number of hydrogen-bond donors (Lipinski definition) is 0. The summed E-state index contributed by atoms with van der Waals surface area (Å²) in [7, 11) is 0. The molecule has 0 aromatic rings. The minimum atomic E-state index is -0.665. The fraction of sp³-hybridized carbons (Fsp3) is 0.667. The van der Waals surface area contributed by atoms with Gasteiger partial charge in [0.25, 0.3) is 0 Å². The third kappa shape index (κ3) is 8.40. The van der Waals surface area contributed by atoms with E-state index in [9.17, 15) is 4.55 Å². The summed E-state index contributed by atoms with van der Waals surface area (Å²) < 4.78 is 10.5. The van der Waals surface area contributed by atoms with Gasteiger partial charge in [0.05, 0.1) is 6.26 Å². The van der Waals surface area contributed by atoms with Gasteiger partial charge in [-0.3, -0.25) is 0 Å². The maximum atomic E-state index is 10.5. The highest BCUT2D eigenvalue weighted by molar-refractivity contribution is 7.98. The maximum Gasteiger partial charge on any atom is 0.123 e. The van der Waals surface area contributed by atoms with Crippen LogP contribution in [0.4, 0.5) is 0 Å². The second-order valence-electron chi connectivity index (χ2n) is 1.67. The van der Waals surface area contributed by atoms with E-state index in [2.05, 4.69) is 0 Å². The Morgan fingerprint density at radius 3 is 2.67 bits per heavy atom. The molecule has 0 aliphatic carbocycles. The van der Waals surface area contributed by atoms with Crippen LogP contribution < -0.4 is 0 Å². The van der Waals surface area contributed by atoms with Crippen molar-refractivity contribution in [3.63, 3.8) is 0 Å². The van der Waals surface area contributed by atoms with Crippen LogP contribution in [-0.4, -0.2) is 28.6 Å². The molecule has 0 bridgehead atoms. The summed E-state index contributed by atoms with van der Waals surface area (Å²) >= 11 is 1.10. The lowest BCUT2D eigenvalue weighted by Gasteiger charge is -1.97. The van der Waals surface area contributed by atoms with Gasteiger partial charge in [-0.05, 0) is 12.3 Å². The van der Waals surface area contributed by atoms with Crippen molar-refractivity contribution in [1.82, 2.24) is 0 Å². The standard InChI is InChI=1S/C6H12OS2/c1-8-5-3-4-6-9(2)7/h3-4H,5-6H2,1-2H3/b4-3+. The molecular weight excluding hydrogens is 152 g/mol. The molecule has 0 rings (SSSR count). The molecule has 0 N–H and O–H groups in total. The summed E-state index contributed by atoms with van der Waals surface area (Å²) in [5.74, 6) is 1.72. The van der Waals surface area contributed by atoms with Gasteiger partial charge < -0.3 is 4.55 Å². The topological polar surface area (TPSA) is 23.1 Å². The third-order valence-corrected chi connectivity index (χ3v) is 1.95. The first kappa shape index (κ1) is 9.40. The molecule has 54 valence electrons. The van der Waals surface area contributed by atoms with Crippen molar-refractivity contribution in [2.75, 3.05) is 24.0 Å². The van der Waals surface area contributed by atoms with Crippen molar-refractivity contribution in [3.05, 3.63) is 12.2 Å². The zero-order valence-corrected chi connectivity index (χ0v) is 7.43. The van der Waals surface area contributed by atoms with Crippen molar-refractivity contribution in [2.24, 2.45) is 0 Å². The van der Waals surface area contributed by atoms with Gasteiger partial charge in [-0.1, -0.05) is 17.3 Å². The van der Waals surface area contributed by atoms with Crippen LogP contribution >= 0.6 is 11.8 Å². The van der Waals surface area contributed by atoms with Crippen molar-refractivity contribution in [1.29, 1.82) is 0 Å².